The van der Waals surface area contributed by atoms with Crippen molar-refractivity contribution in [3.8, 4) is 0 Å². The van der Waals surface area contributed by atoms with Crippen LogP contribution in [0.2, 0.25) is 0 Å². The van der Waals surface area contributed by atoms with Crippen LogP contribution >= 0.6 is 15.9 Å². The zero-order valence-corrected chi connectivity index (χ0v) is 6.27. The topological polar surface area (TPSA) is 46.2 Å². The molecule has 1 saturated heterocycles. The van der Waals surface area contributed by atoms with Crippen LogP contribution in [0.25, 0.3) is 0 Å². The minimum atomic E-state index is -0.187. The van der Waals surface area contributed by atoms with Gasteiger partial charge in [-0.05, 0) is 0 Å². The highest BCUT2D eigenvalue weighted by atomic mass is 79.9. The number of rotatable bonds is 0. The molecule has 0 aromatic heterocycles. The highest BCUT2D eigenvalue weighted by Gasteiger charge is 2.21. The third-order valence-electron chi connectivity index (χ3n) is 1.09. The maximum Gasteiger partial charge on any atom is 0.227 e. The van der Waals surface area contributed by atoms with Crippen LogP contribution in [0.5, 0.6) is 0 Å². The molecule has 0 unspecified atom stereocenters. The Bertz CT molecular complexity index is 141. The Balaban J connectivity index is 2.53. The van der Waals surface area contributed by atoms with E-state index < -0.39 is 0 Å². The van der Waals surface area contributed by atoms with Crippen molar-refractivity contribution in [2.24, 2.45) is 0 Å². The number of nitrogens with one attached hydrogen (secondary N) is 1. The van der Waals surface area contributed by atoms with Crippen LogP contribution in [0.1, 0.15) is 12.8 Å². The van der Waals surface area contributed by atoms with Crippen LogP contribution in [0.4, 0.5) is 0 Å². The molecule has 1 heterocycles. The van der Waals surface area contributed by atoms with Crippen molar-refractivity contribution < 1.29 is 9.59 Å². The third kappa shape index (κ3) is 1.78. The fourth-order valence-electron chi connectivity index (χ4n) is 0.732. The molecule has 0 saturated carbocycles. The molecule has 0 radical (unpaired) electrons. The second-order valence-corrected chi connectivity index (χ2v) is 3.27. The Hall–Kier alpha value is -0.380. The van der Waals surface area contributed by atoms with E-state index >= 15 is 0 Å². The molecule has 0 aromatic rings. The molecule has 0 aliphatic carbocycles. The number of piperidine rings is 1. The van der Waals surface area contributed by atoms with E-state index in [1.807, 2.05) is 0 Å². The summed E-state index contributed by atoms with van der Waals surface area (Å²) in [6.07, 6.45) is 0.817. The summed E-state index contributed by atoms with van der Waals surface area (Å²) in [5.74, 6) is -0.374. The van der Waals surface area contributed by atoms with Gasteiger partial charge in [0.05, 0.1) is 0 Å². The number of carbonyl (C=O) groups excluding carboxylic acids is 2. The van der Waals surface area contributed by atoms with Gasteiger partial charge < -0.3 is 0 Å². The lowest BCUT2D eigenvalue weighted by molar-refractivity contribution is -0.132. The normalized spacial score (nSPS) is 21.9. The van der Waals surface area contributed by atoms with Crippen LogP contribution in [0.3, 0.4) is 0 Å². The van der Waals surface area contributed by atoms with Gasteiger partial charge in [0.2, 0.25) is 11.8 Å². The molecule has 0 bridgehead atoms. The first-order valence-electron chi connectivity index (χ1n) is 2.65. The molecule has 0 atom stereocenters. The average Bonchev–Trinajstić information content (AvgIpc) is 1.59. The first-order chi connectivity index (χ1) is 4.18. The predicted octanol–water partition coefficient (Wildman–Crippen LogP) is 0.186. The van der Waals surface area contributed by atoms with Gasteiger partial charge in [0, 0.05) is 17.7 Å². The van der Waals surface area contributed by atoms with Crippen molar-refractivity contribution in [3.63, 3.8) is 0 Å². The van der Waals surface area contributed by atoms with Crippen molar-refractivity contribution in [1.82, 2.24) is 5.32 Å². The molecule has 4 heteroatoms. The summed E-state index contributed by atoms with van der Waals surface area (Å²) in [6.45, 7) is 0. The molecule has 1 fully saturated rings. The van der Waals surface area contributed by atoms with E-state index in [0.29, 0.717) is 12.8 Å². The lowest BCUT2D eigenvalue weighted by Crippen LogP contribution is -2.38. The molecule has 9 heavy (non-hydrogen) atoms. The largest absolute Gasteiger partial charge is 0.296 e. The van der Waals surface area contributed by atoms with Gasteiger partial charge in [0.15, 0.2) is 0 Å². The average molecular weight is 192 g/mol. The standard InChI is InChI=1S/C5H6BrNO2/c6-3-1-4(8)7-5(9)2-3/h3H,1-2H2,(H,7,8,9). The van der Waals surface area contributed by atoms with E-state index in [2.05, 4.69) is 21.2 Å². The van der Waals surface area contributed by atoms with Crippen LogP contribution in [-0.2, 0) is 9.59 Å². The van der Waals surface area contributed by atoms with Gasteiger partial charge >= 0.3 is 0 Å². The van der Waals surface area contributed by atoms with E-state index in [1.165, 1.54) is 0 Å². The Morgan fingerprint density at radius 3 is 2.11 bits per heavy atom. The number of imide groups is 1. The van der Waals surface area contributed by atoms with Crippen LogP contribution in [0.15, 0.2) is 0 Å². The Morgan fingerprint density at radius 2 is 1.78 bits per heavy atom. The fraction of sp³-hybridized carbons (Fsp3) is 0.600. The number of amides is 2. The summed E-state index contributed by atoms with van der Waals surface area (Å²) < 4.78 is 0. The minimum absolute atomic E-state index is 0.0405. The summed E-state index contributed by atoms with van der Waals surface area (Å²) in [6, 6.07) is 0. The summed E-state index contributed by atoms with van der Waals surface area (Å²) in [4.78, 5) is 21.1. The molecule has 0 aromatic carbocycles. The molecule has 2 amide bonds. The summed E-state index contributed by atoms with van der Waals surface area (Å²) in [5.41, 5.74) is 0. The maximum absolute atomic E-state index is 10.5. The summed E-state index contributed by atoms with van der Waals surface area (Å²) >= 11 is 3.19. The molecule has 50 valence electrons. The number of hydrogen-bond donors (Lipinski definition) is 1. The molecule has 0 spiro atoms. The number of halogens is 1. The van der Waals surface area contributed by atoms with Gasteiger partial charge in [0.25, 0.3) is 0 Å². The van der Waals surface area contributed by atoms with E-state index in [4.69, 9.17) is 0 Å². The second kappa shape index (κ2) is 2.47. The summed E-state index contributed by atoms with van der Waals surface area (Å²) in [7, 11) is 0. The molecule has 1 aliphatic heterocycles. The fourth-order valence-corrected chi connectivity index (χ4v) is 1.32. The highest BCUT2D eigenvalue weighted by Crippen LogP contribution is 2.12. The minimum Gasteiger partial charge on any atom is -0.296 e. The van der Waals surface area contributed by atoms with Crippen molar-refractivity contribution in [2.45, 2.75) is 17.7 Å². The van der Waals surface area contributed by atoms with Crippen molar-refractivity contribution in [1.29, 1.82) is 0 Å². The van der Waals surface area contributed by atoms with Gasteiger partial charge in [-0.15, -0.1) is 0 Å². The zero-order valence-electron chi connectivity index (χ0n) is 4.69. The smallest absolute Gasteiger partial charge is 0.227 e. The number of alkyl halides is 1. The quantitative estimate of drug-likeness (QED) is 0.439. The molecular formula is C5H6BrNO2. The Labute approximate surface area is 60.9 Å². The lowest BCUT2D eigenvalue weighted by Gasteiger charge is -2.14. The van der Waals surface area contributed by atoms with E-state index in [9.17, 15) is 9.59 Å². The van der Waals surface area contributed by atoms with E-state index in [0.717, 1.165) is 0 Å². The van der Waals surface area contributed by atoms with E-state index in [-0.39, 0.29) is 16.6 Å². The van der Waals surface area contributed by atoms with Crippen molar-refractivity contribution >= 4 is 27.7 Å². The molecule has 1 N–H and O–H groups in total. The van der Waals surface area contributed by atoms with Crippen LogP contribution in [0, 0.1) is 0 Å². The van der Waals surface area contributed by atoms with Crippen LogP contribution < -0.4 is 5.32 Å². The Kier molecular flexibility index (Phi) is 1.85. The molecule has 3 nitrogen and oxygen atoms in total. The monoisotopic (exact) mass is 191 g/mol. The highest BCUT2D eigenvalue weighted by molar-refractivity contribution is 9.09. The zero-order chi connectivity index (χ0) is 6.85. The van der Waals surface area contributed by atoms with E-state index in [1.54, 1.807) is 0 Å². The first kappa shape index (κ1) is 6.74. The molecular weight excluding hydrogens is 186 g/mol. The summed E-state index contributed by atoms with van der Waals surface area (Å²) in [5, 5.41) is 2.20. The predicted molar refractivity (Wildman–Crippen MR) is 35.1 cm³/mol. The number of hydrogen-bond acceptors (Lipinski definition) is 2. The molecule has 1 aliphatic rings. The lowest BCUT2D eigenvalue weighted by atomic mass is 10.1. The number of carbonyl (C=O) groups is 2. The SMILES string of the molecule is O=C1CC(Br)CC(=O)N1. The Morgan fingerprint density at radius 1 is 1.33 bits per heavy atom. The first-order valence-corrected chi connectivity index (χ1v) is 3.57. The maximum atomic E-state index is 10.5. The van der Waals surface area contributed by atoms with Crippen LogP contribution in [-0.4, -0.2) is 16.6 Å². The third-order valence-corrected chi connectivity index (χ3v) is 1.74. The van der Waals surface area contributed by atoms with Gasteiger partial charge in [-0.1, -0.05) is 15.9 Å². The van der Waals surface area contributed by atoms with Gasteiger partial charge in [-0.2, -0.15) is 0 Å². The second-order valence-electron chi connectivity index (χ2n) is 1.98. The van der Waals surface area contributed by atoms with Gasteiger partial charge in [-0.3, -0.25) is 14.9 Å². The van der Waals surface area contributed by atoms with Gasteiger partial charge in [-0.25, -0.2) is 0 Å². The van der Waals surface area contributed by atoms with Crippen molar-refractivity contribution in [2.75, 3.05) is 0 Å². The van der Waals surface area contributed by atoms with Gasteiger partial charge in [0.1, 0.15) is 0 Å². The molecule has 1 rings (SSSR count). The van der Waals surface area contributed by atoms with Crippen molar-refractivity contribution in [3.05, 3.63) is 0 Å².